The largest absolute Gasteiger partial charge is 0.481 e. The molecule has 0 amide bonds. The fourth-order valence-corrected chi connectivity index (χ4v) is 1.62. The minimum absolute atomic E-state index is 0.0185. The highest BCUT2D eigenvalue weighted by molar-refractivity contribution is 5.81. The molecule has 0 radical (unpaired) electrons. The number of carboxylic acids is 1. The topological polar surface area (TPSA) is 58.9 Å². The highest BCUT2D eigenvalue weighted by Gasteiger charge is 2.20. The van der Waals surface area contributed by atoms with Crippen LogP contribution in [0.15, 0.2) is 35.3 Å². The molecule has 16 heavy (non-hydrogen) atoms. The number of hydrogen-bond donors (Lipinski definition) is 1. The molecule has 2 rings (SSSR count). The monoisotopic (exact) mass is 219 g/mol. The molecular formula is C12H13NO3. The summed E-state index contributed by atoms with van der Waals surface area (Å²) in [5.41, 5.74) is 1.10. The van der Waals surface area contributed by atoms with E-state index in [9.17, 15) is 4.79 Å². The number of carbonyl (C=O) groups is 1. The van der Waals surface area contributed by atoms with Gasteiger partial charge in [-0.25, -0.2) is 4.99 Å². The van der Waals surface area contributed by atoms with Crippen molar-refractivity contribution in [1.29, 1.82) is 0 Å². The number of carboxylic acid groups (broad SMARTS) is 1. The van der Waals surface area contributed by atoms with Gasteiger partial charge in [0.2, 0.25) is 0 Å². The van der Waals surface area contributed by atoms with E-state index in [1.807, 2.05) is 30.3 Å². The van der Waals surface area contributed by atoms with Crippen molar-refractivity contribution in [3.05, 3.63) is 35.9 Å². The minimum Gasteiger partial charge on any atom is -0.481 e. The molecule has 0 fully saturated rings. The van der Waals surface area contributed by atoms with Crippen molar-refractivity contribution in [3.8, 4) is 0 Å². The number of ether oxygens (including phenoxy) is 1. The Morgan fingerprint density at radius 2 is 2.19 bits per heavy atom. The Labute approximate surface area is 93.6 Å². The number of rotatable bonds is 4. The van der Waals surface area contributed by atoms with E-state index in [0.29, 0.717) is 18.9 Å². The maximum Gasteiger partial charge on any atom is 0.303 e. The second-order valence-corrected chi connectivity index (χ2v) is 3.65. The highest BCUT2D eigenvalue weighted by atomic mass is 16.5. The summed E-state index contributed by atoms with van der Waals surface area (Å²) in [7, 11) is 0. The molecule has 1 heterocycles. The number of benzene rings is 1. The molecule has 1 aliphatic heterocycles. The highest BCUT2D eigenvalue weighted by Crippen LogP contribution is 2.23. The Balaban J connectivity index is 1.98. The second kappa shape index (κ2) is 4.79. The van der Waals surface area contributed by atoms with Crippen molar-refractivity contribution < 1.29 is 14.6 Å². The van der Waals surface area contributed by atoms with Gasteiger partial charge in [-0.05, 0) is 5.56 Å². The van der Waals surface area contributed by atoms with Gasteiger partial charge in [0.15, 0.2) is 5.90 Å². The van der Waals surface area contributed by atoms with Gasteiger partial charge >= 0.3 is 5.97 Å². The third kappa shape index (κ3) is 2.59. The smallest absolute Gasteiger partial charge is 0.303 e. The van der Waals surface area contributed by atoms with Crippen LogP contribution in [-0.2, 0) is 9.53 Å². The van der Waals surface area contributed by atoms with Gasteiger partial charge in [-0.1, -0.05) is 30.3 Å². The van der Waals surface area contributed by atoms with Gasteiger partial charge in [0.05, 0.1) is 6.42 Å². The van der Waals surface area contributed by atoms with Gasteiger partial charge in [0.1, 0.15) is 12.6 Å². The van der Waals surface area contributed by atoms with E-state index in [-0.39, 0.29) is 12.5 Å². The lowest BCUT2D eigenvalue weighted by Gasteiger charge is -2.03. The molecule has 1 aromatic rings. The van der Waals surface area contributed by atoms with Crippen LogP contribution in [0, 0.1) is 0 Å². The Morgan fingerprint density at radius 3 is 2.88 bits per heavy atom. The Morgan fingerprint density at radius 1 is 1.44 bits per heavy atom. The molecule has 0 saturated carbocycles. The lowest BCUT2D eigenvalue weighted by molar-refractivity contribution is -0.136. The molecule has 4 nitrogen and oxygen atoms in total. The van der Waals surface area contributed by atoms with Gasteiger partial charge in [0, 0.05) is 6.42 Å². The van der Waals surface area contributed by atoms with Crippen LogP contribution >= 0.6 is 0 Å². The molecule has 4 heteroatoms. The van der Waals surface area contributed by atoms with E-state index in [1.165, 1.54) is 0 Å². The molecule has 1 aromatic carbocycles. The molecule has 0 bridgehead atoms. The minimum atomic E-state index is -0.825. The summed E-state index contributed by atoms with van der Waals surface area (Å²) in [6.07, 6.45) is 0.443. The molecule has 1 unspecified atom stereocenters. The summed E-state index contributed by atoms with van der Waals surface area (Å²) in [4.78, 5) is 14.8. The Bertz CT molecular complexity index is 400. The summed E-state index contributed by atoms with van der Waals surface area (Å²) >= 11 is 0. The SMILES string of the molecule is O=C(O)CCC1=NC(c2ccccc2)CO1. The van der Waals surface area contributed by atoms with E-state index in [0.717, 1.165) is 5.56 Å². The van der Waals surface area contributed by atoms with E-state index < -0.39 is 5.97 Å². The van der Waals surface area contributed by atoms with E-state index >= 15 is 0 Å². The number of aliphatic imine (C=N–C) groups is 1. The summed E-state index contributed by atoms with van der Waals surface area (Å²) < 4.78 is 5.36. The molecule has 1 aliphatic rings. The lowest BCUT2D eigenvalue weighted by Crippen LogP contribution is -2.03. The van der Waals surface area contributed by atoms with Crippen LogP contribution in [0.4, 0.5) is 0 Å². The number of aliphatic carboxylic acids is 1. The molecule has 1 atom stereocenters. The van der Waals surface area contributed by atoms with Crippen LogP contribution in [0.3, 0.4) is 0 Å². The van der Waals surface area contributed by atoms with Crippen molar-refractivity contribution in [2.45, 2.75) is 18.9 Å². The number of hydrogen-bond acceptors (Lipinski definition) is 3. The molecule has 0 aromatic heterocycles. The van der Waals surface area contributed by atoms with Crippen LogP contribution in [-0.4, -0.2) is 23.6 Å². The van der Waals surface area contributed by atoms with Crippen LogP contribution in [0.5, 0.6) is 0 Å². The standard InChI is InChI=1S/C12H13NO3/c14-12(15)7-6-11-13-10(8-16-11)9-4-2-1-3-5-9/h1-5,10H,6-8H2,(H,14,15). The predicted molar refractivity (Wildman–Crippen MR) is 59.4 cm³/mol. The van der Waals surface area contributed by atoms with Crippen molar-refractivity contribution in [2.75, 3.05) is 6.61 Å². The van der Waals surface area contributed by atoms with Crippen LogP contribution in [0.2, 0.25) is 0 Å². The lowest BCUT2D eigenvalue weighted by atomic mass is 10.1. The third-order valence-corrected chi connectivity index (χ3v) is 2.44. The third-order valence-electron chi connectivity index (χ3n) is 2.44. The molecule has 1 N–H and O–H groups in total. The van der Waals surface area contributed by atoms with E-state index in [2.05, 4.69) is 4.99 Å². The quantitative estimate of drug-likeness (QED) is 0.842. The normalized spacial score (nSPS) is 19.0. The van der Waals surface area contributed by atoms with Crippen LogP contribution in [0.25, 0.3) is 0 Å². The van der Waals surface area contributed by atoms with E-state index in [4.69, 9.17) is 9.84 Å². The van der Waals surface area contributed by atoms with Gasteiger partial charge in [-0.15, -0.1) is 0 Å². The molecular weight excluding hydrogens is 206 g/mol. The zero-order valence-corrected chi connectivity index (χ0v) is 8.80. The van der Waals surface area contributed by atoms with Crippen molar-refractivity contribution in [2.24, 2.45) is 4.99 Å². The molecule has 0 spiro atoms. The average molecular weight is 219 g/mol. The number of nitrogens with zero attached hydrogens (tertiary/aromatic N) is 1. The van der Waals surface area contributed by atoms with Gasteiger partial charge in [-0.2, -0.15) is 0 Å². The van der Waals surface area contributed by atoms with Gasteiger partial charge in [0.25, 0.3) is 0 Å². The first-order valence-electron chi connectivity index (χ1n) is 5.22. The summed E-state index contributed by atoms with van der Waals surface area (Å²) in [5, 5.41) is 8.55. The molecule has 0 aliphatic carbocycles. The summed E-state index contributed by atoms with van der Waals surface area (Å²) in [6.45, 7) is 0.513. The maximum absolute atomic E-state index is 10.4. The van der Waals surface area contributed by atoms with Crippen molar-refractivity contribution >= 4 is 11.9 Å². The van der Waals surface area contributed by atoms with Gasteiger partial charge < -0.3 is 9.84 Å². The Kier molecular flexibility index (Phi) is 3.19. The fourth-order valence-electron chi connectivity index (χ4n) is 1.62. The Hall–Kier alpha value is -1.84. The maximum atomic E-state index is 10.4. The zero-order chi connectivity index (χ0) is 11.4. The van der Waals surface area contributed by atoms with Crippen LogP contribution in [0.1, 0.15) is 24.4 Å². The first-order valence-corrected chi connectivity index (χ1v) is 5.22. The second-order valence-electron chi connectivity index (χ2n) is 3.65. The average Bonchev–Trinajstić information content (AvgIpc) is 2.76. The molecule has 84 valence electrons. The van der Waals surface area contributed by atoms with Crippen molar-refractivity contribution in [3.63, 3.8) is 0 Å². The van der Waals surface area contributed by atoms with Gasteiger partial charge in [-0.3, -0.25) is 4.79 Å². The van der Waals surface area contributed by atoms with Crippen LogP contribution < -0.4 is 0 Å². The first kappa shape index (κ1) is 10.7. The van der Waals surface area contributed by atoms with E-state index in [1.54, 1.807) is 0 Å². The fraction of sp³-hybridized carbons (Fsp3) is 0.333. The molecule has 0 saturated heterocycles. The predicted octanol–water partition coefficient (Wildman–Crippen LogP) is 2.02. The summed E-state index contributed by atoms with van der Waals surface area (Å²) in [5.74, 6) is -0.272. The van der Waals surface area contributed by atoms with Crippen molar-refractivity contribution in [1.82, 2.24) is 0 Å². The zero-order valence-electron chi connectivity index (χ0n) is 8.80. The summed E-state index contributed by atoms with van der Waals surface area (Å²) in [6, 6.07) is 9.88. The first-order chi connectivity index (χ1) is 7.75.